The molecule has 0 aromatic heterocycles. The molecular formula is C23H29ClN2O5S. The topological polar surface area (TPSA) is 92.8 Å². The monoisotopic (exact) mass is 480 g/mol. The molecule has 0 spiro atoms. The van der Waals surface area contributed by atoms with E-state index in [9.17, 15) is 18.0 Å². The molecule has 9 heteroatoms. The first-order chi connectivity index (χ1) is 15.2. The minimum absolute atomic E-state index is 0.0876. The lowest BCUT2D eigenvalue weighted by Crippen LogP contribution is -2.50. The molecule has 5 fully saturated rings. The summed E-state index contributed by atoms with van der Waals surface area (Å²) in [6.07, 6.45) is 7.98. The van der Waals surface area contributed by atoms with Crippen molar-refractivity contribution in [3.8, 4) is 0 Å². The normalized spacial score (nSPS) is 31.6. The second kappa shape index (κ2) is 8.29. The fourth-order valence-electron chi connectivity index (χ4n) is 6.67. The standard InChI is InChI=1S/C23H29ClN2O5S/c24-19-4-3-18(32(29,30)26-5-1-2-6-26)10-20(19)25-21(27)14-31-22(28)23-11-15-7-16(12-23)9-17(8-15)13-23/h3-4,10,15-17H,1-2,5-9,11-14H2,(H,25,27). The molecule has 174 valence electrons. The van der Waals surface area contributed by atoms with Crippen LogP contribution in [0, 0.1) is 23.2 Å². The third-order valence-electron chi connectivity index (χ3n) is 7.72. The van der Waals surface area contributed by atoms with Crippen LogP contribution in [0.5, 0.6) is 0 Å². The zero-order valence-corrected chi connectivity index (χ0v) is 19.6. The van der Waals surface area contributed by atoms with Gasteiger partial charge in [-0.05, 0) is 87.3 Å². The number of amides is 1. The molecule has 1 amide bonds. The van der Waals surface area contributed by atoms with Crippen LogP contribution in [0.25, 0.3) is 0 Å². The SMILES string of the molecule is O=C(COC(=O)C12CC3CC(CC(C3)C1)C2)Nc1cc(S(=O)(=O)N2CCCC2)ccc1Cl. The van der Waals surface area contributed by atoms with Gasteiger partial charge in [0.1, 0.15) is 0 Å². The van der Waals surface area contributed by atoms with Gasteiger partial charge < -0.3 is 10.1 Å². The molecule has 6 rings (SSSR count). The molecule has 0 unspecified atom stereocenters. The molecule has 4 saturated carbocycles. The van der Waals surface area contributed by atoms with E-state index in [4.69, 9.17) is 16.3 Å². The van der Waals surface area contributed by atoms with Gasteiger partial charge in [-0.3, -0.25) is 9.59 Å². The zero-order valence-electron chi connectivity index (χ0n) is 18.0. The quantitative estimate of drug-likeness (QED) is 0.625. The smallest absolute Gasteiger partial charge is 0.312 e. The average molecular weight is 481 g/mol. The minimum atomic E-state index is -3.63. The van der Waals surface area contributed by atoms with E-state index in [1.54, 1.807) is 0 Å². The van der Waals surface area contributed by atoms with Gasteiger partial charge in [0.25, 0.3) is 5.91 Å². The van der Waals surface area contributed by atoms with Crippen LogP contribution >= 0.6 is 11.6 Å². The molecular weight excluding hydrogens is 452 g/mol. The van der Waals surface area contributed by atoms with E-state index in [0.29, 0.717) is 30.8 Å². The minimum Gasteiger partial charge on any atom is -0.455 e. The third kappa shape index (κ3) is 4.05. The van der Waals surface area contributed by atoms with Crippen molar-refractivity contribution >= 4 is 39.2 Å². The molecule has 4 aliphatic carbocycles. The number of nitrogens with one attached hydrogen (secondary N) is 1. The number of hydrogen-bond acceptors (Lipinski definition) is 5. The Morgan fingerprint density at radius 3 is 2.25 bits per heavy atom. The van der Waals surface area contributed by atoms with Crippen LogP contribution < -0.4 is 5.32 Å². The van der Waals surface area contributed by atoms with Gasteiger partial charge in [-0.2, -0.15) is 4.31 Å². The average Bonchev–Trinajstić information content (AvgIpc) is 3.28. The van der Waals surface area contributed by atoms with Crippen molar-refractivity contribution < 1.29 is 22.7 Å². The number of esters is 1. The summed E-state index contributed by atoms with van der Waals surface area (Å²) in [5.74, 6) is 1.05. The number of hydrogen-bond donors (Lipinski definition) is 1. The summed E-state index contributed by atoms with van der Waals surface area (Å²) in [5, 5.41) is 2.84. The van der Waals surface area contributed by atoms with E-state index in [2.05, 4.69) is 5.32 Å². The van der Waals surface area contributed by atoms with Crippen LogP contribution in [0.1, 0.15) is 51.4 Å². The highest BCUT2D eigenvalue weighted by Gasteiger charge is 2.55. The maximum Gasteiger partial charge on any atom is 0.312 e. The lowest BCUT2D eigenvalue weighted by atomic mass is 9.49. The number of halogens is 1. The molecule has 1 saturated heterocycles. The van der Waals surface area contributed by atoms with Gasteiger partial charge in [0, 0.05) is 13.1 Å². The van der Waals surface area contributed by atoms with Crippen molar-refractivity contribution in [3.05, 3.63) is 23.2 Å². The molecule has 5 aliphatic rings. The van der Waals surface area contributed by atoms with Crippen LogP contribution in [-0.4, -0.2) is 44.3 Å². The second-order valence-corrected chi connectivity index (χ2v) is 12.4. The summed E-state index contributed by atoms with van der Waals surface area (Å²) in [4.78, 5) is 25.5. The Balaban J connectivity index is 1.22. The van der Waals surface area contributed by atoms with E-state index in [0.717, 1.165) is 32.1 Å². The Kier molecular flexibility index (Phi) is 5.75. The summed E-state index contributed by atoms with van der Waals surface area (Å²) in [5.41, 5.74) is -0.223. The number of ether oxygens (including phenoxy) is 1. The molecule has 1 aromatic carbocycles. The molecule has 0 radical (unpaired) electrons. The van der Waals surface area contributed by atoms with E-state index in [1.807, 2.05) is 0 Å². The van der Waals surface area contributed by atoms with Crippen molar-refractivity contribution in [1.82, 2.24) is 4.31 Å². The first kappa shape index (κ1) is 22.2. The number of sulfonamides is 1. The molecule has 32 heavy (non-hydrogen) atoms. The summed E-state index contributed by atoms with van der Waals surface area (Å²) >= 11 is 6.19. The first-order valence-corrected chi connectivity index (χ1v) is 13.3. The van der Waals surface area contributed by atoms with E-state index in [-0.39, 0.29) is 21.6 Å². The van der Waals surface area contributed by atoms with Crippen LogP contribution in [0.2, 0.25) is 5.02 Å². The van der Waals surface area contributed by atoms with Crippen molar-refractivity contribution in [2.24, 2.45) is 23.2 Å². The van der Waals surface area contributed by atoms with Crippen molar-refractivity contribution in [2.45, 2.75) is 56.3 Å². The molecule has 7 nitrogen and oxygen atoms in total. The molecule has 1 N–H and O–H groups in total. The van der Waals surface area contributed by atoms with Gasteiger partial charge in [-0.1, -0.05) is 11.6 Å². The Bertz CT molecular complexity index is 1000. The number of anilines is 1. The Labute approximate surface area is 193 Å². The van der Waals surface area contributed by atoms with E-state index >= 15 is 0 Å². The fraction of sp³-hybridized carbons (Fsp3) is 0.652. The summed E-state index contributed by atoms with van der Waals surface area (Å²) < 4.78 is 32.5. The molecule has 0 atom stereocenters. The van der Waals surface area contributed by atoms with Gasteiger partial charge in [-0.15, -0.1) is 0 Å². The highest BCUT2D eigenvalue weighted by atomic mass is 35.5. The third-order valence-corrected chi connectivity index (χ3v) is 9.94. The summed E-state index contributed by atoms with van der Waals surface area (Å²) in [6, 6.07) is 4.27. The van der Waals surface area contributed by atoms with Gasteiger partial charge in [0.05, 0.1) is 21.0 Å². The van der Waals surface area contributed by atoms with Crippen LogP contribution in [0.4, 0.5) is 5.69 Å². The molecule has 1 aliphatic heterocycles. The number of carbonyl (C=O) groups is 2. The Hall–Kier alpha value is -1.64. The fourth-order valence-corrected chi connectivity index (χ4v) is 8.38. The highest BCUT2D eigenvalue weighted by Crippen LogP contribution is 2.60. The number of benzene rings is 1. The van der Waals surface area contributed by atoms with Crippen LogP contribution in [0.3, 0.4) is 0 Å². The van der Waals surface area contributed by atoms with Gasteiger partial charge in [0.2, 0.25) is 10.0 Å². The van der Waals surface area contributed by atoms with Crippen molar-refractivity contribution in [1.29, 1.82) is 0 Å². The number of carbonyl (C=O) groups excluding carboxylic acids is 2. The van der Waals surface area contributed by atoms with Crippen LogP contribution in [0.15, 0.2) is 23.1 Å². The number of rotatable bonds is 6. The molecule has 4 bridgehead atoms. The first-order valence-electron chi connectivity index (χ1n) is 11.5. The molecule has 1 heterocycles. The maximum atomic E-state index is 12.9. The summed E-state index contributed by atoms with van der Waals surface area (Å²) in [6.45, 7) is 0.583. The van der Waals surface area contributed by atoms with Crippen molar-refractivity contribution in [2.75, 3.05) is 25.0 Å². The molecule has 1 aromatic rings. The Morgan fingerprint density at radius 2 is 1.66 bits per heavy atom. The predicted octanol–water partition coefficient (Wildman–Crippen LogP) is 3.82. The Morgan fingerprint density at radius 1 is 1.06 bits per heavy atom. The lowest BCUT2D eigenvalue weighted by molar-refractivity contribution is -0.172. The zero-order chi connectivity index (χ0) is 22.5. The predicted molar refractivity (Wildman–Crippen MR) is 120 cm³/mol. The van der Waals surface area contributed by atoms with Gasteiger partial charge >= 0.3 is 5.97 Å². The van der Waals surface area contributed by atoms with E-state index in [1.165, 1.54) is 41.8 Å². The van der Waals surface area contributed by atoms with Crippen LogP contribution in [-0.2, 0) is 24.3 Å². The van der Waals surface area contributed by atoms with Gasteiger partial charge in [-0.25, -0.2) is 8.42 Å². The summed E-state index contributed by atoms with van der Waals surface area (Å²) in [7, 11) is -3.63. The largest absolute Gasteiger partial charge is 0.455 e. The van der Waals surface area contributed by atoms with E-state index < -0.39 is 28.0 Å². The van der Waals surface area contributed by atoms with Gasteiger partial charge in [0.15, 0.2) is 6.61 Å². The second-order valence-electron chi connectivity index (χ2n) is 10.1. The lowest BCUT2D eigenvalue weighted by Gasteiger charge is -2.55. The van der Waals surface area contributed by atoms with Crippen molar-refractivity contribution in [3.63, 3.8) is 0 Å². The highest BCUT2D eigenvalue weighted by molar-refractivity contribution is 7.89. The maximum absolute atomic E-state index is 12.9. The number of nitrogens with zero attached hydrogens (tertiary/aromatic N) is 1.